The van der Waals surface area contributed by atoms with Gasteiger partial charge < -0.3 is 15.5 Å². The maximum atomic E-state index is 5.74. The average Bonchev–Trinajstić information content (AvgIpc) is 3.02. The van der Waals surface area contributed by atoms with Crippen molar-refractivity contribution >= 4 is 11.8 Å². The largest absolute Gasteiger partial charge is 0.356 e. The molecule has 2 saturated heterocycles. The lowest BCUT2D eigenvalue weighted by Gasteiger charge is -2.31. The maximum absolute atomic E-state index is 5.74. The van der Waals surface area contributed by atoms with Gasteiger partial charge in [-0.2, -0.15) is 4.98 Å². The van der Waals surface area contributed by atoms with Crippen LogP contribution in [0.1, 0.15) is 25.7 Å². The Balaban J connectivity index is 1.69. The number of hydrogen-bond acceptors (Lipinski definition) is 5. The Labute approximate surface area is 114 Å². The molecule has 3 rings (SSSR count). The van der Waals surface area contributed by atoms with Gasteiger partial charge in [0.2, 0.25) is 5.95 Å². The molecule has 0 spiro atoms. The molecule has 104 valence electrons. The molecule has 2 aliphatic rings. The molecule has 0 bridgehead atoms. The standard InChI is InChI=1S/C14H23N5/c15-11-12-4-9-19(10-5-12)14-16-6-3-13(17-14)18-7-1-2-8-18/h3,6,12H,1-2,4-5,7-11,15H2. The number of nitrogens with two attached hydrogens (primary N) is 1. The minimum atomic E-state index is 0.679. The van der Waals surface area contributed by atoms with Crippen LogP contribution in [0.4, 0.5) is 11.8 Å². The van der Waals surface area contributed by atoms with E-state index in [4.69, 9.17) is 10.7 Å². The van der Waals surface area contributed by atoms with Crippen molar-refractivity contribution in [3.63, 3.8) is 0 Å². The summed E-state index contributed by atoms with van der Waals surface area (Å²) in [5.74, 6) is 2.65. The number of rotatable bonds is 3. The van der Waals surface area contributed by atoms with Crippen LogP contribution in [0.15, 0.2) is 12.3 Å². The maximum Gasteiger partial charge on any atom is 0.227 e. The molecule has 0 saturated carbocycles. The van der Waals surface area contributed by atoms with E-state index in [1.165, 1.54) is 12.8 Å². The molecule has 0 radical (unpaired) electrons. The topological polar surface area (TPSA) is 58.3 Å². The van der Waals surface area contributed by atoms with Gasteiger partial charge in [-0.15, -0.1) is 0 Å². The van der Waals surface area contributed by atoms with Crippen LogP contribution < -0.4 is 15.5 Å². The zero-order valence-corrected chi connectivity index (χ0v) is 11.5. The van der Waals surface area contributed by atoms with Crippen molar-refractivity contribution in [3.05, 3.63) is 12.3 Å². The number of aromatic nitrogens is 2. The van der Waals surface area contributed by atoms with E-state index in [9.17, 15) is 0 Å². The van der Waals surface area contributed by atoms with Crippen LogP contribution >= 0.6 is 0 Å². The Morgan fingerprint density at radius 1 is 1.11 bits per heavy atom. The third-order valence-corrected chi connectivity index (χ3v) is 4.29. The second-order valence-corrected chi connectivity index (χ2v) is 5.58. The molecule has 0 unspecified atom stereocenters. The van der Waals surface area contributed by atoms with Gasteiger partial charge in [0, 0.05) is 32.4 Å². The lowest BCUT2D eigenvalue weighted by molar-refractivity contribution is 0.411. The third-order valence-electron chi connectivity index (χ3n) is 4.29. The Kier molecular flexibility index (Phi) is 3.82. The molecule has 19 heavy (non-hydrogen) atoms. The van der Waals surface area contributed by atoms with E-state index in [1.807, 2.05) is 12.3 Å². The van der Waals surface area contributed by atoms with E-state index < -0.39 is 0 Å². The van der Waals surface area contributed by atoms with Crippen molar-refractivity contribution in [2.45, 2.75) is 25.7 Å². The fourth-order valence-corrected chi connectivity index (χ4v) is 2.98. The second-order valence-electron chi connectivity index (χ2n) is 5.58. The fourth-order valence-electron chi connectivity index (χ4n) is 2.98. The quantitative estimate of drug-likeness (QED) is 0.887. The van der Waals surface area contributed by atoms with Gasteiger partial charge >= 0.3 is 0 Å². The fraction of sp³-hybridized carbons (Fsp3) is 0.714. The molecule has 0 aromatic carbocycles. The van der Waals surface area contributed by atoms with E-state index in [0.29, 0.717) is 5.92 Å². The first-order valence-corrected chi connectivity index (χ1v) is 7.40. The minimum absolute atomic E-state index is 0.679. The van der Waals surface area contributed by atoms with E-state index >= 15 is 0 Å². The van der Waals surface area contributed by atoms with Crippen molar-refractivity contribution in [3.8, 4) is 0 Å². The molecule has 2 fully saturated rings. The van der Waals surface area contributed by atoms with Crippen molar-refractivity contribution in [1.29, 1.82) is 0 Å². The SMILES string of the molecule is NCC1CCN(c2nccc(N3CCCC3)n2)CC1. The molecule has 0 amide bonds. The first-order valence-electron chi connectivity index (χ1n) is 7.40. The van der Waals surface area contributed by atoms with E-state index in [2.05, 4.69) is 14.8 Å². The summed E-state index contributed by atoms with van der Waals surface area (Å²) in [4.78, 5) is 13.8. The van der Waals surface area contributed by atoms with Crippen LogP contribution in [0.3, 0.4) is 0 Å². The highest BCUT2D eigenvalue weighted by molar-refractivity contribution is 5.44. The molecular formula is C14H23N5. The molecule has 5 heteroatoms. The minimum Gasteiger partial charge on any atom is -0.356 e. The summed E-state index contributed by atoms with van der Waals surface area (Å²) in [6, 6.07) is 2.03. The van der Waals surface area contributed by atoms with Gasteiger partial charge in [0.25, 0.3) is 0 Å². The molecule has 2 aliphatic heterocycles. The van der Waals surface area contributed by atoms with E-state index in [0.717, 1.165) is 57.3 Å². The Morgan fingerprint density at radius 3 is 2.53 bits per heavy atom. The average molecular weight is 261 g/mol. The second kappa shape index (κ2) is 5.74. The van der Waals surface area contributed by atoms with Crippen LogP contribution in [-0.2, 0) is 0 Å². The van der Waals surface area contributed by atoms with Gasteiger partial charge in [0.05, 0.1) is 0 Å². The molecule has 1 aromatic heterocycles. The van der Waals surface area contributed by atoms with Gasteiger partial charge in [-0.05, 0) is 44.2 Å². The number of anilines is 2. The Morgan fingerprint density at radius 2 is 1.84 bits per heavy atom. The van der Waals surface area contributed by atoms with Gasteiger partial charge in [0.1, 0.15) is 5.82 Å². The highest BCUT2D eigenvalue weighted by Crippen LogP contribution is 2.23. The summed E-state index contributed by atoms with van der Waals surface area (Å²) < 4.78 is 0. The highest BCUT2D eigenvalue weighted by Gasteiger charge is 2.21. The summed E-state index contributed by atoms with van der Waals surface area (Å²) in [6.45, 7) is 5.14. The molecule has 0 atom stereocenters. The number of hydrogen-bond donors (Lipinski definition) is 1. The molecule has 2 N–H and O–H groups in total. The van der Waals surface area contributed by atoms with Crippen LogP contribution in [0, 0.1) is 5.92 Å². The molecular weight excluding hydrogens is 238 g/mol. The third kappa shape index (κ3) is 2.81. The predicted molar refractivity (Wildman–Crippen MR) is 77.5 cm³/mol. The lowest BCUT2D eigenvalue weighted by atomic mass is 9.97. The molecule has 3 heterocycles. The first kappa shape index (κ1) is 12.7. The first-order chi connectivity index (χ1) is 9.36. The Bertz CT molecular complexity index is 408. The summed E-state index contributed by atoms with van der Waals surface area (Å²) in [5.41, 5.74) is 5.74. The lowest BCUT2D eigenvalue weighted by Crippen LogP contribution is -2.37. The van der Waals surface area contributed by atoms with Crippen molar-refractivity contribution in [2.75, 3.05) is 42.5 Å². The van der Waals surface area contributed by atoms with Gasteiger partial charge in [-0.25, -0.2) is 4.98 Å². The zero-order chi connectivity index (χ0) is 13.1. The normalized spacial score (nSPS) is 21.1. The summed E-state index contributed by atoms with van der Waals surface area (Å²) in [6.07, 6.45) is 6.77. The molecule has 5 nitrogen and oxygen atoms in total. The van der Waals surface area contributed by atoms with E-state index in [1.54, 1.807) is 0 Å². The zero-order valence-electron chi connectivity index (χ0n) is 11.5. The summed E-state index contributed by atoms with van der Waals surface area (Å²) >= 11 is 0. The van der Waals surface area contributed by atoms with Crippen LogP contribution in [-0.4, -0.2) is 42.7 Å². The van der Waals surface area contributed by atoms with Crippen molar-refractivity contribution < 1.29 is 0 Å². The molecule has 1 aromatic rings. The van der Waals surface area contributed by atoms with Crippen molar-refractivity contribution in [1.82, 2.24) is 9.97 Å². The van der Waals surface area contributed by atoms with Crippen LogP contribution in [0.25, 0.3) is 0 Å². The monoisotopic (exact) mass is 261 g/mol. The number of nitrogens with zero attached hydrogens (tertiary/aromatic N) is 4. The van der Waals surface area contributed by atoms with Crippen LogP contribution in [0.2, 0.25) is 0 Å². The highest BCUT2D eigenvalue weighted by atomic mass is 15.3. The predicted octanol–water partition coefficient (Wildman–Crippen LogP) is 1.25. The van der Waals surface area contributed by atoms with Gasteiger partial charge in [-0.3, -0.25) is 0 Å². The van der Waals surface area contributed by atoms with E-state index in [-0.39, 0.29) is 0 Å². The van der Waals surface area contributed by atoms with Gasteiger partial charge in [0.15, 0.2) is 0 Å². The summed E-state index contributed by atoms with van der Waals surface area (Å²) in [7, 11) is 0. The molecule has 0 aliphatic carbocycles. The summed E-state index contributed by atoms with van der Waals surface area (Å²) in [5, 5.41) is 0. The van der Waals surface area contributed by atoms with Crippen molar-refractivity contribution in [2.24, 2.45) is 11.7 Å². The number of piperidine rings is 1. The Hall–Kier alpha value is -1.36. The smallest absolute Gasteiger partial charge is 0.227 e. The van der Waals surface area contributed by atoms with Crippen LogP contribution in [0.5, 0.6) is 0 Å². The van der Waals surface area contributed by atoms with Gasteiger partial charge in [-0.1, -0.05) is 0 Å².